The molecule has 0 spiro atoms. The summed E-state index contributed by atoms with van der Waals surface area (Å²) in [5.74, 6) is 0. The van der Waals surface area contributed by atoms with Gasteiger partial charge in [-0.05, 0) is 34.1 Å². The van der Waals surface area contributed by atoms with Gasteiger partial charge >= 0.3 is 0 Å². The van der Waals surface area contributed by atoms with Crippen LogP contribution in [0.3, 0.4) is 0 Å². The van der Waals surface area contributed by atoms with Crippen LogP contribution in [0.2, 0.25) is 0 Å². The minimum absolute atomic E-state index is 0.120. The zero-order chi connectivity index (χ0) is 9.83. The molecule has 0 aliphatic heterocycles. The third kappa shape index (κ3) is 6.58. The van der Waals surface area contributed by atoms with Gasteiger partial charge in [0.05, 0.1) is 12.2 Å². The monoisotopic (exact) mass is 175 g/mol. The minimum Gasteiger partial charge on any atom is -0.379 e. The van der Waals surface area contributed by atoms with E-state index in [4.69, 9.17) is 15.2 Å². The molecule has 0 unspecified atom stereocenters. The number of ether oxygens (including phenoxy) is 2. The first-order valence-corrected chi connectivity index (χ1v) is 4.25. The van der Waals surface area contributed by atoms with E-state index in [1.54, 1.807) is 7.11 Å². The second-order valence-electron chi connectivity index (χ2n) is 4.17. The molecule has 3 heteroatoms. The molecule has 0 saturated heterocycles. The first kappa shape index (κ1) is 11.9. The normalized spacial score (nSPS) is 13.5. The largest absolute Gasteiger partial charge is 0.379 e. The molecule has 0 rings (SSSR count). The Labute approximate surface area is 75.2 Å². The fourth-order valence-corrected chi connectivity index (χ4v) is 0.662. The predicted octanol–water partition coefficient (Wildman–Crippen LogP) is 1.51. The first-order valence-electron chi connectivity index (χ1n) is 4.25. The topological polar surface area (TPSA) is 44.5 Å². The van der Waals surface area contributed by atoms with E-state index in [0.717, 1.165) is 6.42 Å². The molecule has 74 valence electrons. The molecule has 0 atom stereocenters. The summed E-state index contributed by atoms with van der Waals surface area (Å²) in [6.07, 6.45) is 0.851. The summed E-state index contributed by atoms with van der Waals surface area (Å²) < 4.78 is 10.6. The van der Waals surface area contributed by atoms with Gasteiger partial charge in [0.15, 0.2) is 0 Å². The Morgan fingerprint density at radius 2 is 1.67 bits per heavy atom. The molecule has 0 aromatic rings. The fraction of sp³-hybridized carbons (Fsp3) is 1.00. The predicted molar refractivity (Wildman–Crippen MR) is 49.9 cm³/mol. The lowest BCUT2D eigenvalue weighted by molar-refractivity contribution is -0.0551. The molecule has 0 aliphatic carbocycles. The summed E-state index contributed by atoms with van der Waals surface area (Å²) >= 11 is 0. The molecule has 0 fully saturated rings. The molecule has 3 nitrogen and oxygen atoms in total. The Hall–Kier alpha value is -0.120. The number of nitrogens with two attached hydrogens (primary N) is 1. The third-order valence-electron chi connectivity index (χ3n) is 1.73. The summed E-state index contributed by atoms with van der Waals surface area (Å²) in [6, 6.07) is 0. The van der Waals surface area contributed by atoms with Crippen molar-refractivity contribution < 1.29 is 9.47 Å². The van der Waals surface area contributed by atoms with Gasteiger partial charge in [-0.25, -0.2) is 0 Å². The third-order valence-corrected chi connectivity index (χ3v) is 1.73. The summed E-state index contributed by atoms with van der Waals surface area (Å²) in [6.45, 7) is 8.36. The van der Waals surface area contributed by atoms with Crippen LogP contribution in [-0.2, 0) is 9.47 Å². The van der Waals surface area contributed by atoms with Gasteiger partial charge in [0.1, 0.15) is 5.72 Å². The van der Waals surface area contributed by atoms with Crippen molar-refractivity contribution in [2.24, 2.45) is 5.73 Å². The SMILES string of the molecule is COC(C)(C)CCOC(C)(C)N. The van der Waals surface area contributed by atoms with Gasteiger partial charge in [-0.1, -0.05) is 0 Å². The van der Waals surface area contributed by atoms with Crippen LogP contribution in [0.1, 0.15) is 34.1 Å². The highest BCUT2D eigenvalue weighted by molar-refractivity contribution is 4.68. The molecule has 0 bridgehead atoms. The van der Waals surface area contributed by atoms with Crippen LogP contribution >= 0.6 is 0 Å². The molecule has 0 aliphatic rings. The Balaban J connectivity index is 3.57. The van der Waals surface area contributed by atoms with E-state index in [2.05, 4.69) is 0 Å². The van der Waals surface area contributed by atoms with Crippen LogP contribution < -0.4 is 5.73 Å². The van der Waals surface area contributed by atoms with Gasteiger partial charge in [0, 0.05) is 7.11 Å². The molecule has 0 radical (unpaired) electrons. The number of rotatable bonds is 5. The summed E-state index contributed by atoms with van der Waals surface area (Å²) in [5.41, 5.74) is 4.99. The molecule has 0 saturated carbocycles. The van der Waals surface area contributed by atoms with Gasteiger partial charge in [-0.15, -0.1) is 0 Å². The van der Waals surface area contributed by atoms with Crippen LogP contribution in [0.5, 0.6) is 0 Å². The molecule has 0 amide bonds. The first-order chi connectivity index (χ1) is 5.27. The minimum atomic E-state index is -0.538. The van der Waals surface area contributed by atoms with Crippen LogP contribution in [0.25, 0.3) is 0 Å². The highest BCUT2D eigenvalue weighted by Crippen LogP contribution is 2.13. The maximum atomic E-state index is 5.64. The zero-order valence-electron chi connectivity index (χ0n) is 8.81. The van der Waals surface area contributed by atoms with Crippen molar-refractivity contribution in [1.29, 1.82) is 0 Å². The highest BCUT2D eigenvalue weighted by atomic mass is 16.5. The van der Waals surface area contributed by atoms with Crippen molar-refractivity contribution >= 4 is 0 Å². The number of methoxy groups -OCH3 is 1. The zero-order valence-corrected chi connectivity index (χ0v) is 8.81. The van der Waals surface area contributed by atoms with Crippen LogP contribution in [-0.4, -0.2) is 25.0 Å². The van der Waals surface area contributed by atoms with Gasteiger partial charge in [0.25, 0.3) is 0 Å². The summed E-state index contributed by atoms with van der Waals surface area (Å²) in [5, 5.41) is 0. The second kappa shape index (κ2) is 4.21. The van der Waals surface area contributed by atoms with Gasteiger partial charge in [0.2, 0.25) is 0 Å². The van der Waals surface area contributed by atoms with Crippen LogP contribution in [0.4, 0.5) is 0 Å². The van der Waals surface area contributed by atoms with E-state index in [9.17, 15) is 0 Å². The van der Waals surface area contributed by atoms with E-state index < -0.39 is 5.72 Å². The molecule has 0 aromatic carbocycles. The fourth-order valence-electron chi connectivity index (χ4n) is 0.662. The van der Waals surface area contributed by atoms with Gasteiger partial charge < -0.3 is 15.2 Å². The van der Waals surface area contributed by atoms with E-state index in [1.807, 2.05) is 27.7 Å². The van der Waals surface area contributed by atoms with Crippen molar-refractivity contribution in [3.05, 3.63) is 0 Å². The highest BCUT2D eigenvalue weighted by Gasteiger charge is 2.18. The standard InChI is InChI=1S/C9H21NO2/c1-8(2,11-5)6-7-12-9(3,4)10/h6-7,10H2,1-5H3. The Morgan fingerprint density at radius 3 is 2.00 bits per heavy atom. The lowest BCUT2D eigenvalue weighted by Gasteiger charge is -2.25. The molecule has 2 N–H and O–H groups in total. The van der Waals surface area contributed by atoms with Crippen molar-refractivity contribution in [2.45, 2.75) is 45.4 Å². The van der Waals surface area contributed by atoms with Gasteiger partial charge in [-0.3, -0.25) is 0 Å². The number of hydrogen-bond acceptors (Lipinski definition) is 3. The van der Waals surface area contributed by atoms with Gasteiger partial charge in [-0.2, -0.15) is 0 Å². The Kier molecular flexibility index (Phi) is 4.17. The van der Waals surface area contributed by atoms with E-state index in [1.165, 1.54) is 0 Å². The van der Waals surface area contributed by atoms with Crippen LogP contribution in [0.15, 0.2) is 0 Å². The van der Waals surface area contributed by atoms with E-state index in [0.29, 0.717) is 6.61 Å². The van der Waals surface area contributed by atoms with E-state index in [-0.39, 0.29) is 5.60 Å². The molecule has 0 aromatic heterocycles. The quantitative estimate of drug-likeness (QED) is 0.644. The molecule has 12 heavy (non-hydrogen) atoms. The lowest BCUT2D eigenvalue weighted by atomic mass is 10.1. The van der Waals surface area contributed by atoms with E-state index >= 15 is 0 Å². The number of hydrogen-bond donors (Lipinski definition) is 1. The Morgan fingerprint density at radius 1 is 1.17 bits per heavy atom. The molecule has 0 heterocycles. The summed E-state index contributed by atoms with van der Waals surface area (Å²) in [4.78, 5) is 0. The maximum absolute atomic E-state index is 5.64. The van der Waals surface area contributed by atoms with Crippen molar-refractivity contribution in [2.75, 3.05) is 13.7 Å². The van der Waals surface area contributed by atoms with Crippen molar-refractivity contribution in [1.82, 2.24) is 0 Å². The Bertz CT molecular complexity index is 127. The second-order valence-corrected chi connectivity index (χ2v) is 4.17. The molecular formula is C9H21NO2. The van der Waals surface area contributed by atoms with Crippen LogP contribution in [0, 0.1) is 0 Å². The van der Waals surface area contributed by atoms with Crippen molar-refractivity contribution in [3.8, 4) is 0 Å². The average Bonchev–Trinajstić information content (AvgIpc) is 1.84. The lowest BCUT2D eigenvalue weighted by Crippen LogP contribution is -2.37. The molecular weight excluding hydrogens is 154 g/mol. The van der Waals surface area contributed by atoms with Crippen molar-refractivity contribution in [3.63, 3.8) is 0 Å². The average molecular weight is 175 g/mol. The summed E-state index contributed by atoms with van der Waals surface area (Å²) in [7, 11) is 1.70. The smallest absolute Gasteiger partial charge is 0.111 e. The maximum Gasteiger partial charge on any atom is 0.111 e.